The topological polar surface area (TPSA) is 71.5 Å². The standard InChI is InChI=1S/C18H20ClN3O3S/c1-3-14-17(23)20-8-9-22(14)18(24)16-11(2)21-15(26-16)10-25-13-6-4-12(19)5-7-13/h4-7,14H,3,8-10H2,1-2H3,(H,20,23). The minimum Gasteiger partial charge on any atom is -0.486 e. The molecule has 3 rings (SSSR count). The fraction of sp³-hybridized carbons (Fsp3) is 0.389. The van der Waals surface area contributed by atoms with Gasteiger partial charge >= 0.3 is 0 Å². The van der Waals surface area contributed by atoms with E-state index in [0.29, 0.717) is 40.9 Å². The lowest BCUT2D eigenvalue weighted by Gasteiger charge is -2.34. The molecule has 26 heavy (non-hydrogen) atoms. The minimum absolute atomic E-state index is 0.0967. The van der Waals surface area contributed by atoms with Crippen molar-refractivity contribution in [3.8, 4) is 5.75 Å². The van der Waals surface area contributed by atoms with Crippen LogP contribution in [-0.2, 0) is 11.4 Å². The number of halogens is 1. The van der Waals surface area contributed by atoms with Crippen LogP contribution in [0.25, 0.3) is 0 Å². The monoisotopic (exact) mass is 393 g/mol. The molecule has 1 aliphatic heterocycles. The summed E-state index contributed by atoms with van der Waals surface area (Å²) in [6.45, 7) is 4.97. The summed E-state index contributed by atoms with van der Waals surface area (Å²) in [7, 11) is 0. The Balaban J connectivity index is 1.71. The molecule has 138 valence electrons. The molecule has 1 unspecified atom stereocenters. The Morgan fingerprint density at radius 2 is 2.15 bits per heavy atom. The van der Waals surface area contributed by atoms with E-state index in [2.05, 4.69) is 10.3 Å². The van der Waals surface area contributed by atoms with Crippen molar-refractivity contribution in [2.24, 2.45) is 0 Å². The first-order valence-electron chi connectivity index (χ1n) is 8.43. The molecule has 2 heterocycles. The van der Waals surface area contributed by atoms with Crippen molar-refractivity contribution in [1.82, 2.24) is 15.2 Å². The van der Waals surface area contributed by atoms with E-state index in [0.717, 1.165) is 5.01 Å². The first kappa shape index (κ1) is 18.7. The number of carbonyl (C=O) groups excluding carboxylic acids is 2. The number of ether oxygens (including phenoxy) is 1. The molecule has 8 heteroatoms. The van der Waals surface area contributed by atoms with Crippen LogP contribution in [-0.4, -0.2) is 40.8 Å². The van der Waals surface area contributed by atoms with Gasteiger partial charge in [0, 0.05) is 18.1 Å². The van der Waals surface area contributed by atoms with E-state index in [4.69, 9.17) is 16.3 Å². The Bertz CT molecular complexity index is 807. The SMILES string of the molecule is CCC1C(=O)NCCN1C(=O)c1sc(COc2ccc(Cl)cc2)nc1C. The number of hydrogen-bond acceptors (Lipinski definition) is 5. The molecule has 1 saturated heterocycles. The molecule has 1 atom stereocenters. The lowest BCUT2D eigenvalue weighted by molar-refractivity contribution is -0.127. The van der Waals surface area contributed by atoms with Gasteiger partial charge < -0.3 is 15.0 Å². The van der Waals surface area contributed by atoms with Crippen molar-refractivity contribution in [2.45, 2.75) is 32.9 Å². The number of thiazole rings is 1. The maximum absolute atomic E-state index is 12.9. The van der Waals surface area contributed by atoms with E-state index in [1.807, 2.05) is 6.92 Å². The molecule has 6 nitrogen and oxygen atoms in total. The van der Waals surface area contributed by atoms with Crippen LogP contribution in [0.1, 0.15) is 33.7 Å². The summed E-state index contributed by atoms with van der Waals surface area (Å²) >= 11 is 7.17. The lowest BCUT2D eigenvalue weighted by Crippen LogP contribution is -2.56. The van der Waals surface area contributed by atoms with Gasteiger partial charge in [0.05, 0.1) is 5.69 Å². The average molecular weight is 394 g/mol. The molecule has 1 N–H and O–H groups in total. The van der Waals surface area contributed by atoms with Gasteiger partial charge in [-0.15, -0.1) is 11.3 Å². The Labute approximate surface area is 161 Å². The van der Waals surface area contributed by atoms with Gasteiger partial charge in [-0.3, -0.25) is 9.59 Å². The number of nitrogens with zero attached hydrogens (tertiary/aromatic N) is 2. The molecule has 0 saturated carbocycles. The molecule has 2 aromatic rings. The Kier molecular flexibility index (Phi) is 5.78. The Morgan fingerprint density at radius 1 is 1.42 bits per heavy atom. The van der Waals surface area contributed by atoms with E-state index in [9.17, 15) is 9.59 Å². The number of rotatable bonds is 5. The van der Waals surface area contributed by atoms with E-state index in [1.165, 1.54) is 11.3 Å². The van der Waals surface area contributed by atoms with Crippen LogP contribution < -0.4 is 10.1 Å². The third-order valence-corrected chi connectivity index (χ3v) is 5.56. The maximum atomic E-state index is 12.9. The predicted molar refractivity (Wildman–Crippen MR) is 101 cm³/mol. The van der Waals surface area contributed by atoms with Crippen LogP contribution in [0.15, 0.2) is 24.3 Å². The van der Waals surface area contributed by atoms with Crippen molar-refractivity contribution >= 4 is 34.8 Å². The Morgan fingerprint density at radius 3 is 2.85 bits per heavy atom. The molecule has 1 aromatic heterocycles. The number of amides is 2. The smallest absolute Gasteiger partial charge is 0.266 e. The summed E-state index contributed by atoms with van der Waals surface area (Å²) in [5.41, 5.74) is 0.663. The van der Waals surface area contributed by atoms with E-state index < -0.39 is 6.04 Å². The highest BCUT2D eigenvalue weighted by Gasteiger charge is 2.33. The molecule has 1 fully saturated rings. The van der Waals surface area contributed by atoms with Crippen LogP contribution >= 0.6 is 22.9 Å². The first-order chi connectivity index (χ1) is 12.5. The second-order valence-electron chi connectivity index (χ2n) is 5.98. The highest BCUT2D eigenvalue weighted by molar-refractivity contribution is 7.13. The van der Waals surface area contributed by atoms with Crippen LogP contribution in [0.3, 0.4) is 0 Å². The van der Waals surface area contributed by atoms with Crippen molar-refractivity contribution in [3.05, 3.63) is 44.9 Å². The minimum atomic E-state index is -0.425. The molecule has 0 spiro atoms. The second kappa shape index (κ2) is 8.05. The summed E-state index contributed by atoms with van der Waals surface area (Å²) in [5.74, 6) is 0.453. The highest BCUT2D eigenvalue weighted by Crippen LogP contribution is 2.24. The van der Waals surface area contributed by atoms with Crippen molar-refractivity contribution in [1.29, 1.82) is 0 Å². The number of piperazine rings is 1. The third-order valence-electron chi connectivity index (χ3n) is 4.19. The fourth-order valence-electron chi connectivity index (χ4n) is 2.88. The van der Waals surface area contributed by atoms with Crippen LogP contribution in [0, 0.1) is 6.92 Å². The van der Waals surface area contributed by atoms with E-state index >= 15 is 0 Å². The summed E-state index contributed by atoms with van der Waals surface area (Å²) in [6.07, 6.45) is 0.585. The molecule has 0 radical (unpaired) electrons. The van der Waals surface area contributed by atoms with Gasteiger partial charge in [0.25, 0.3) is 5.91 Å². The molecular weight excluding hydrogens is 374 g/mol. The van der Waals surface area contributed by atoms with E-state index in [1.54, 1.807) is 36.1 Å². The molecule has 0 aliphatic carbocycles. The zero-order valence-corrected chi connectivity index (χ0v) is 16.2. The number of hydrogen-bond donors (Lipinski definition) is 1. The number of aromatic nitrogens is 1. The maximum Gasteiger partial charge on any atom is 0.266 e. The molecule has 1 aromatic carbocycles. The molecular formula is C18H20ClN3O3S. The molecule has 0 bridgehead atoms. The van der Waals surface area contributed by atoms with Gasteiger partial charge in [-0.25, -0.2) is 4.98 Å². The van der Waals surface area contributed by atoms with Gasteiger partial charge in [0.15, 0.2) is 0 Å². The van der Waals surface area contributed by atoms with Crippen LogP contribution in [0.2, 0.25) is 5.02 Å². The van der Waals surface area contributed by atoms with Gasteiger partial charge in [-0.1, -0.05) is 18.5 Å². The number of carbonyl (C=O) groups is 2. The zero-order valence-electron chi connectivity index (χ0n) is 14.6. The highest BCUT2D eigenvalue weighted by atomic mass is 35.5. The summed E-state index contributed by atoms with van der Waals surface area (Å²) in [4.78, 5) is 31.6. The van der Waals surface area contributed by atoms with Crippen molar-refractivity contribution in [3.63, 3.8) is 0 Å². The predicted octanol–water partition coefficient (Wildman–Crippen LogP) is 3.03. The quantitative estimate of drug-likeness (QED) is 0.847. The average Bonchev–Trinajstić information content (AvgIpc) is 3.01. The number of benzene rings is 1. The molecule has 2 amide bonds. The zero-order chi connectivity index (χ0) is 18.7. The summed E-state index contributed by atoms with van der Waals surface area (Å²) in [6, 6.07) is 6.66. The van der Waals surface area contributed by atoms with Crippen molar-refractivity contribution in [2.75, 3.05) is 13.1 Å². The summed E-state index contributed by atoms with van der Waals surface area (Å²) in [5, 5.41) is 4.17. The third kappa shape index (κ3) is 3.99. The van der Waals surface area contributed by atoms with Crippen LogP contribution in [0.4, 0.5) is 0 Å². The Hall–Kier alpha value is -2.12. The number of nitrogens with one attached hydrogen (secondary N) is 1. The van der Waals surface area contributed by atoms with Crippen molar-refractivity contribution < 1.29 is 14.3 Å². The normalized spacial score (nSPS) is 17.1. The molecule has 1 aliphatic rings. The second-order valence-corrected chi connectivity index (χ2v) is 7.50. The van der Waals surface area contributed by atoms with Gasteiger partial charge in [0.1, 0.15) is 28.3 Å². The summed E-state index contributed by atoms with van der Waals surface area (Å²) < 4.78 is 5.70. The van der Waals surface area contributed by atoms with Crippen LogP contribution in [0.5, 0.6) is 5.75 Å². The number of aryl methyl sites for hydroxylation is 1. The van der Waals surface area contributed by atoms with Gasteiger partial charge in [-0.2, -0.15) is 0 Å². The fourth-order valence-corrected chi connectivity index (χ4v) is 3.94. The van der Waals surface area contributed by atoms with Gasteiger partial charge in [0.2, 0.25) is 5.91 Å². The largest absolute Gasteiger partial charge is 0.486 e. The van der Waals surface area contributed by atoms with E-state index in [-0.39, 0.29) is 18.4 Å². The van der Waals surface area contributed by atoms with Gasteiger partial charge in [-0.05, 0) is 37.6 Å². The lowest BCUT2D eigenvalue weighted by atomic mass is 10.1. The first-order valence-corrected chi connectivity index (χ1v) is 9.62.